The van der Waals surface area contributed by atoms with E-state index in [-0.39, 0.29) is 49.7 Å². The lowest BCUT2D eigenvalue weighted by molar-refractivity contribution is -0.139. The number of carbonyl (C=O) groups is 3. The first-order valence-corrected chi connectivity index (χ1v) is 9.91. The molecule has 29 heavy (non-hydrogen) atoms. The molecule has 0 aromatic carbocycles. The van der Waals surface area contributed by atoms with Crippen molar-refractivity contribution in [3.63, 3.8) is 0 Å². The van der Waals surface area contributed by atoms with Gasteiger partial charge < -0.3 is 20.0 Å². The second kappa shape index (κ2) is 10.4. The monoisotopic (exact) mass is 398 g/mol. The van der Waals surface area contributed by atoms with E-state index in [1.807, 2.05) is 0 Å². The molecular weight excluding hydrogens is 372 g/mol. The van der Waals surface area contributed by atoms with E-state index in [0.29, 0.717) is 11.6 Å². The fraction of sp³-hybridized carbons (Fsp3) is 0.429. The van der Waals surface area contributed by atoms with Crippen LogP contribution in [0.1, 0.15) is 44.3 Å². The zero-order valence-electron chi connectivity index (χ0n) is 16.3. The molecule has 2 aromatic heterocycles. The fourth-order valence-corrected chi connectivity index (χ4v) is 3.45. The minimum Gasteiger partial charge on any atom is -0.467 e. The predicted octanol–water partition coefficient (Wildman–Crippen LogP) is 2.48. The summed E-state index contributed by atoms with van der Waals surface area (Å²) in [6, 6.07) is 8.81. The Morgan fingerprint density at radius 1 is 1.07 bits per heavy atom. The normalized spacial score (nSPS) is 13.8. The van der Waals surface area contributed by atoms with Crippen LogP contribution in [-0.2, 0) is 20.9 Å². The van der Waals surface area contributed by atoms with Gasteiger partial charge in [0.2, 0.25) is 17.7 Å². The molecule has 1 fully saturated rings. The Morgan fingerprint density at radius 3 is 2.59 bits per heavy atom. The number of carbonyl (C=O) groups excluding carboxylic acids is 3. The zero-order chi connectivity index (χ0) is 20.5. The first-order chi connectivity index (χ1) is 14.1. The molecule has 8 heteroatoms. The molecule has 0 saturated heterocycles. The molecule has 0 aliphatic heterocycles. The zero-order valence-corrected chi connectivity index (χ0v) is 16.3. The van der Waals surface area contributed by atoms with Gasteiger partial charge in [0.25, 0.3) is 0 Å². The number of furan rings is 1. The van der Waals surface area contributed by atoms with Crippen LogP contribution in [0.2, 0.25) is 0 Å². The van der Waals surface area contributed by atoms with Gasteiger partial charge in [0.1, 0.15) is 11.6 Å². The quantitative estimate of drug-likeness (QED) is 0.675. The molecule has 3 amide bonds. The van der Waals surface area contributed by atoms with E-state index in [2.05, 4.69) is 15.6 Å². The molecule has 2 aromatic rings. The topological polar surface area (TPSA) is 105 Å². The Bertz CT molecular complexity index is 801. The number of aromatic nitrogens is 1. The van der Waals surface area contributed by atoms with Crippen molar-refractivity contribution in [1.29, 1.82) is 0 Å². The summed E-state index contributed by atoms with van der Waals surface area (Å²) in [6.45, 7) is 0.275. The van der Waals surface area contributed by atoms with E-state index >= 15 is 0 Å². The second-order valence-corrected chi connectivity index (χ2v) is 7.08. The highest BCUT2D eigenvalue weighted by atomic mass is 16.3. The van der Waals surface area contributed by atoms with Gasteiger partial charge in [0, 0.05) is 25.1 Å². The average molecular weight is 398 g/mol. The standard InChI is InChI=1S/C21H26N4O4/c26-19(24-18-9-3-4-12-22-18)10-11-21(28)25(16-6-1-2-7-16)15-20(27)23-14-17-8-5-13-29-17/h3-5,8-9,12-13,16H,1-2,6-7,10-11,14-15H2,(H,23,27)(H,22,24,26). The summed E-state index contributed by atoms with van der Waals surface area (Å²) in [4.78, 5) is 42.9. The maximum atomic E-state index is 12.8. The highest BCUT2D eigenvalue weighted by Gasteiger charge is 2.28. The summed E-state index contributed by atoms with van der Waals surface area (Å²) in [7, 11) is 0. The number of pyridine rings is 1. The lowest BCUT2D eigenvalue weighted by Gasteiger charge is -2.28. The minimum absolute atomic E-state index is 0.00787. The summed E-state index contributed by atoms with van der Waals surface area (Å²) in [5, 5.41) is 5.45. The summed E-state index contributed by atoms with van der Waals surface area (Å²) in [5.74, 6) is 0.421. The van der Waals surface area contributed by atoms with Gasteiger partial charge in [-0.25, -0.2) is 4.98 Å². The molecule has 0 spiro atoms. The van der Waals surface area contributed by atoms with Crippen molar-refractivity contribution >= 4 is 23.5 Å². The van der Waals surface area contributed by atoms with Crippen LogP contribution in [0.3, 0.4) is 0 Å². The van der Waals surface area contributed by atoms with Crippen molar-refractivity contribution in [2.24, 2.45) is 0 Å². The van der Waals surface area contributed by atoms with Crippen molar-refractivity contribution in [2.45, 2.75) is 51.1 Å². The van der Waals surface area contributed by atoms with E-state index in [4.69, 9.17) is 4.42 Å². The third-order valence-electron chi connectivity index (χ3n) is 4.94. The van der Waals surface area contributed by atoms with Crippen LogP contribution in [0.15, 0.2) is 47.2 Å². The third-order valence-corrected chi connectivity index (χ3v) is 4.94. The lowest BCUT2D eigenvalue weighted by Crippen LogP contribution is -2.45. The number of amides is 3. The molecule has 0 radical (unpaired) electrons. The number of hydrogen-bond acceptors (Lipinski definition) is 5. The smallest absolute Gasteiger partial charge is 0.240 e. The maximum absolute atomic E-state index is 12.8. The summed E-state index contributed by atoms with van der Waals surface area (Å²) >= 11 is 0. The maximum Gasteiger partial charge on any atom is 0.240 e. The molecule has 0 unspecified atom stereocenters. The number of nitrogens with zero attached hydrogens (tertiary/aromatic N) is 2. The number of rotatable bonds is 9. The van der Waals surface area contributed by atoms with E-state index in [1.54, 1.807) is 47.7 Å². The number of hydrogen-bond donors (Lipinski definition) is 2. The molecule has 3 rings (SSSR count). The number of anilines is 1. The summed E-state index contributed by atoms with van der Waals surface area (Å²) in [6.07, 6.45) is 7.10. The first-order valence-electron chi connectivity index (χ1n) is 9.91. The molecule has 154 valence electrons. The van der Waals surface area contributed by atoms with E-state index in [9.17, 15) is 14.4 Å². The van der Waals surface area contributed by atoms with Crippen LogP contribution in [0.4, 0.5) is 5.82 Å². The molecular formula is C21H26N4O4. The molecule has 0 bridgehead atoms. The highest BCUT2D eigenvalue weighted by molar-refractivity contribution is 5.93. The van der Waals surface area contributed by atoms with Crippen LogP contribution in [0, 0.1) is 0 Å². The highest BCUT2D eigenvalue weighted by Crippen LogP contribution is 2.24. The number of nitrogens with one attached hydrogen (secondary N) is 2. The predicted molar refractivity (Wildman–Crippen MR) is 107 cm³/mol. The van der Waals surface area contributed by atoms with Gasteiger partial charge in [-0.3, -0.25) is 14.4 Å². The van der Waals surface area contributed by atoms with Crippen molar-refractivity contribution in [2.75, 3.05) is 11.9 Å². The van der Waals surface area contributed by atoms with Crippen LogP contribution in [0.25, 0.3) is 0 Å². The van der Waals surface area contributed by atoms with Crippen molar-refractivity contribution in [3.05, 3.63) is 48.6 Å². The van der Waals surface area contributed by atoms with Gasteiger partial charge in [-0.2, -0.15) is 0 Å². The van der Waals surface area contributed by atoms with Crippen LogP contribution in [-0.4, -0.2) is 40.2 Å². The van der Waals surface area contributed by atoms with Gasteiger partial charge in [-0.05, 0) is 37.1 Å². The molecule has 0 atom stereocenters. The van der Waals surface area contributed by atoms with E-state index < -0.39 is 0 Å². The Balaban J connectivity index is 1.50. The third kappa shape index (κ3) is 6.44. The van der Waals surface area contributed by atoms with Crippen molar-refractivity contribution in [3.8, 4) is 0 Å². The van der Waals surface area contributed by atoms with Gasteiger partial charge in [-0.1, -0.05) is 18.9 Å². The van der Waals surface area contributed by atoms with E-state index in [1.165, 1.54) is 0 Å². The largest absolute Gasteiger partial charge is 0.467 e. The lowest BCUT2D eigenvalue weighted by atomic mass is 10.1. The minimum atomic E-state index is -0.273. The van der Waals surface area contributed by atoms with Gasteiger partial charge in [0.05, 0.1) is 19.4 Å². The van der Waals surface area contributed by atoms with Crippen LogP contribution >= 0.6 is 0 Å². The Morgan fingerprint density at radius 2 is 1.90 bits per heavy atom. The Labute approximate surface area is 169 Å². The average Bonchev–Trinajstić information content (AvgIpc) is 3.43. The Kier molecular flexibility index (Phi) is 7.38. The molecule has 1 saturated carbocycles. The molecule has 1 aliphatic rings. The van der Waals surface area contributed by atoms with Crippen molar-refractivity contribution in [1.82, 2.24) is 15.2 Å². The van der Waals surface area contributed by atoms with Crippen LogP contribution in [0.5, 0.6) is 0 Å². The SMILES string of the molecule is O=C(CN(C(=O)CCC(=O)Nc1ccccn1)C1CCCC1)NCc1ccco1. The van der Waals surface area contributed by atoms with Gasteiger partial charge in [0.15, 0.2) is 0 Å². The molecule has 2 heterocycles. The molecule has 2 N–H and O–H groups in total. The first kappa shape index (κ1) is 20.6. The summed E-state index contributed by atoms with van der Waals surface area (Å²) < 4.78 is 5.21. The summed E-state index contributed by atoms with van der Waals surface area (Å²) in [5.41, 5.74) is 0. The second-order valence-electron chi connectivity index (χ2n) is 7.08. The van der Waals surface area contributed by atoms with Crippen molar-refractivity contribution < 1.29 is 18.8 Å². The molecule has 8 nitrogen and oxygen atoms in total. The van der Waals surface area contributed by atoms with Gasteiger partial charge in [-0.15, -0.1) is 0 Å². The Hall–Kier alpha value is -3.16. The van der Waals surface area contributed by atoms with Crippen LogP contribution < -0.4 is 10.6 Å². The van der Waals surface area contributed by atoms with E-state index in [0.717, 1.165) is 25.7 Å². The van der Waals surface area contributed by atoms with Gasteiger partial charge >= 0.3 is 0 Å². The molecule has 1 aliphatic carbocycles. The fourth-order valence-electron chi connectivity index (χ4n) is 3.45.